The van der Waals surface area contributed by atoms with E-state index in [1.807, 2.05) is 43.3 Å². The first-order valence-electron chi connectivity index (χ1n) is 39.6. The number of nitrogens with zero attached hydrogens (tertiary/aromatic N) is 9. The molecule has 0 saturated heterocycles. The Morgan fingerprint density at radius 2 is 0.685 bits per heavy atom. The minimum absolute atomic E-state index is 0. The highest BCUT2D eigenvalue weighted by Gasteiger charge is 2.31. The largest absolute Gasteiger partial charge is 0.588 e. The number of hydrogen-bond donors (Lipinski definition) is 14. The highest BCUT2D eigenvalue weighted by molar-refractivity contribution is 8.19. The maximum atomic E-state index is 11.4. The molecule has 0 spiro atoms. The average Bonchev–Trinajstić information content (AvgIpc) is 1.65. The van der Waals surface area contributed by atoms with E-state index in [1.54, 1.807) is 48.5 Å². The summed E-state index contributed by atoms with van der Waals surface area (Å²) in [5.74, 6) is -3.33. The number of carboxylic acid groups (broad SMARTS) is 3. The van der Waals surface area contributed by atoms with Crippen LogP contribution in [0.4, 0.5) is 38.5 Å². The maximum absolute atomic E-state index is 11.4. The van der Waals surface area contributed by atoms with Gasteiger partial charge in [0.25, 0.3) is 6.47 Å². The number of rotatable bonds is 16. The van der Waals surface area contributed by atoms with Gasteiger partial charge in [-0.05, 0) is 159 Å². The molecular weight excluding hydrogens is 1950 g/mol. The van der Waals surface area contributed by atoms with Gasteiger partial charge >= 0.3 is 61.9 Å². The number of carboxylic acids is 3. The smallest absolute Gasteiger partial charge is 0.561 e. The van der Waals surface area contributed by atoms with E-state index in [0.29, 0.717) is 96.9 Å². The van der Waals surface area contributed by atoms with Crippen molar-refractivity contribution in [2.24, 2.45) is 0 Å². The Bertz CT molecular complexity index is 7560. The molecule has 0 fully saturated rings. The van der Waals surface area contributed by atoms with Crippen LogP contribution in [0.1, 0.15) is 66.0 Å². The van der Waals surface area contributed by atoms with E-state index in [2.05, 4.69) is 58.6 Å². The van der Waals surface area contributed by atoms with Crippen LogP contribution in [0.15, 0.2) is 245 Å². The summed E-state index contributed by atoms with van der Waals surface area (Å²) in [5.41, 5.74) is 26.9. The first kappa shape index (κ1) is 108. The Kier molecular flexibility index (Phi) is 37.0. The summed E-state index contributed by atoms with van der Waals surface area (Å²) in [7, 11) is -2.84. The van der Waals surface area contributed by atoms with Crippen molar-refractivity contribution < 1.29 is 171 Å². The number of carbonyl (C=O) groups is 6. The van der Waals surface area contributed by atoms with E-state index >= 15 is 0 Å². The molecule has 0 aliphatic rings. The van der Waals surface area contributed by atoms with Crippen LogP contribution in [0.2, 0.25) is 0 Å². The predicted molar refractivity (Wildman–Crippen MR) is 506 cm³/mol. The number of benzene rings is 12. The van der Waals surface area contributed by atoms with Gasteiger partial charge in [0.1, 0.15) is 56.1 Å². The van der Waals surface area contributed by atoms with Crippen LogP contribution in [0, 0.1) is 44.2 Å². The molecule has 143 heavy (non-hydrogen) atoms. The highest BCUT2D eigenvalue weighted by Crippen LogP contribution is 2.56. The van der Waals surface area contributed by atoms with Crippen molar-refractivity contribution in [3.8, 4) is 97.5 Å². The number of carbonyl (C=O) groups excluding carboxylic acids is 3. The monoisotopic (exact) mass is 2030 g/mol. The number of aromatic nitrogens is 6. The summed E-state index contributed by atoms with van der Waals surface area (Å²) >= 11 is 0. The van der Waals surface area contributed by atoms with Gasteiger partial charge in [0.05, 0.1) is 90.7 Å². The van der Waals surface area contributed by atoms with Crippen LogP contribution >= 0.6 is 23.3 Å². The van der Waals surface area contributed by atoms with Gasteiger partial charge in [-0.25, -0.2) is 58.4 Å². The van der Waals surface area contributed by atoms with Crippen molar-refractivity contribution in [2.45, 2.75) is 13.8 Å². The van der Waals surface area contributed by atoms with Gasteiger partial charge in [-0.3, -0.25) is 53.9 Å². The fraction of sp³-hybridized carbons (Fsp3) is 0.0562. The number of hydrogen-bond acceptors (Lipinski definition) is 40. The van der Waals surface area contributed by atoms with Crippen molar-refractivity contribution in [2.75, 3.05) is 38.6 Å². The number of nitrogen functional groups attached to an aromatic ring is 3. The molecule has 1 unspecified atom stereocenters. The molecule has 54 heteroatoms. The lowest BCUT2D eigenvalue weighted by molar-refractivity contribution is -0.385. The van der Waals surface area contributed by atoms with Crippen LogP contribution < -0.4 is 26.8 Å². The number of nitro benzene ring substituents is 3. The zero-order valence-corrected chi connectivity index (χ0v) is 75.9. The lowest BCUT2D eigenvalue weighted by atomic mass is 10.1. The van der Waals surface area contributed by atoms with Gasteiger partial charge < -0.3 is 114 Å². The van der Waals surface area contributed by atoms with Crippen molar-refractivity contribution in [3.05, 3.63) is 288 Å². The molecule has 2 radical (unpaired) electrons. The Labute approximate surface area is 803 Å². The third kappa shape index (κ3) is 28.8. The van der Waals surface area contributed by atoms with Gasteiger partial charge in [0, 0.05) is 90.8 Å². The molecule has 6 aromatic heterocycles. The number of aromatic carboxylic acids is 3. The van der Waals surface area contributed by atoms with Crippen LogP contribution in [0.5, 0.6) is 40.2 Å². The number of aromatic hydroxyl groups is 6. The number of esters is 2. The number of fused-ring (bicyclic) bond motifs is 6. The number of alkyl halides is 1. The fourth-order valence-electron chi connectivity index (χ4n) is 11.6. The zero-order chi connectivity index (χ0) is 105. The number of phenolic OH excluding ortho intramolecular Hbond substituents is 6. The van der Waals surface area contributed by atoms with Gasteiger partial charge in [0.2, 0.25) is 37.0 Å². The minimum Gasteiger partial charge on any atom is -0.588 e. The number of oxazole rings is 6. The molecule has 19 N–H and O–H groups in total. The van der Waals surface area contributed by atoms with E-state index in [1.165, 1.54) is 117 Å². The Morgan fingerprint density at radius 3 is 0.986 bits per heavy atom. The summed E-state index contributed by atoms with van der Waals surface area (Å²) < 4.78 is 89.8. The number of ether oxygens (including phenoxy) is 3. The van der Waals surface area contributed by atoms with Crippen molar-refractivity contribution in [3.63, 3.8) is 0 Å². The first-order chi connectivity index (χ1) is 67.8. The molecule has 49 nitrogen and oxygen atoms in total. The van der Waals surface area contributed by atoms with Crippen molar-refractivity contribution in [1.82, 2.24) is 29.9 Å². The summed E-state index contributed by atoms with van der Waals surface area (Å²) in [6, 6.07) is 54.4. The van der Waals surface area contributed by atoms with E-state index in [0.717, 1.165) is 58.6 Å². The molecule has 0 aliphatic carbocycles. The van der Waals surface area contributed by atoms with E-state index in [9.17, 15) is 98.0 Å². The second-order valence-corrected chi connectivity index (χ2v) is 32.1. The van der Waals surface area contributed by atoms with Crippen LogP contribution in [0.3, 0.4) is 0 Å². The topological polar surface area (TPSA) is 822 Å². The second kappa shape index (κ2) is 49.1. The van der Waals surface area contributed by atoms with E-state index in [4.69, 9.17) is 85.0 Å². The molecule has 12 aromatic carbocycles. The fourth-order valence-corrected chi connectivity index (χ4v) is 11.6. The molecule has 0 amide bonds. The van der Waals surface area contributed by atoms with Crippen LogP contribution in [-0.4, -0.2) is 171 Å². The Hall–Kier alpha value is -19.1. The van der Waals surface area contributed by atoms with Gasteiger partial charge in [-0.15, -0.1) is 0 Å². The summed E-state index contributed by atoms with van der Waals surface area (Å²) in [6.07, 6.45) is 0. The number of phenols is 6. The molecule has 18 aromatic rings. The quantitative estimate of drug-likeness (QED) is 0.00492. The average molecular weight is 2030 g/mol. The van der Waals surface area contributed by atoms with Crippen molar-refractivity contribution >= 4 is 168 Å². The van der Waals surface area contributed by atoms with Crippen LogP contribution in [0.25, 0.3) is 124 Å². The predicted octanol–water partition coefficient (Wildman–Crippen LogP) is 16.1. The molecule has 6 heterocycles. The van der Waals surface area contributed by atoms with Crippen LogP contribution in [-0.2, 0) is 28.0 Å². The number of anilines is 3. The first-order valence-corrected chi connectivity index (χ1v) is 43.3. The normalized spacial score (nSPS) is 10.6. The highest BCUT2D eigenvalue weighted by atomic mass is 32.1. The van der Waals surface area contributed by atoms with E-state index in [-0.39, 0.29) is 100 Å². The van der Waals surface area contributed by atoms with Gasteiger partial charge in [-0.1, -0.05) is 22.3 Å². The summed E-state index contributed by atoms with van der Waals surface area (Å²) in [4.78, 5) is 144. The molecule has 1 atom stereocenters. The third-order valence-electron chi connectivity index (χ3n) is 18.4. The van der Waals surface area contributed by atoms with Crippen molar-refractivity contribution in [1.29, 1.82) is 0 Å². The maximum Gasteiger partial charge on any atom is 0.561 e. The lowest BCUT2D eigenvalue weighted by Gasteiger charge is -1.99. The Morgan fingerprint density at radius 1 is 0.441 bits per heavy atom. The number of methoxy groups -OCH3 is 2. The molecule has 0 bridgehead atoms. The third-order valence-corrected chi connectivity index (χ3v) is 20.1. The molecular formula is C89H73BFN12O37P3. The van der Waals surface area contributed by atoms with Gasteiger partial charge in [-0.2, -0.15) is 0 Å². The molecule has 0 aliphatic heterocycles. The standard InChI is InChI=1S/C16H12N2O2.C15H10N2O6.C14H8N2O6.2C14H10N2O4.C9H8O4.C6H6N2O4.CH3F.BOP.H2O5P2.H2O.H2/c1-9-3-5-11(6-4-9)16-18-13-7-12-14(8-15(13)20-16)19-10(2)17-12;1-22-15(19)9-4-2-8(3-5-9)14-16-10-6-11(17(20)21)12(18)7-13(10)23-14;17-11-6-12-9(5-10(11)16(20)21)15-13(22-12)7-1-3-8(4-2-7)14(18)19;2*15-9-5-10-12(6-11(9)17)20-13(16-10)7-1-3-8(4-2-7)14(18)19;1-12-9(11)7-2-4-8(5-3-7)13-6-10;7-3-1-4(8(11)12)6(10)2-5(3)9;1-2;1-3-2;1-6(2)7(3,4)5;;/h3-8H,1-2H3;2-7,18H,1H3;1-6,17H,(H,18,19);2*1-6,17H,15H2,(H,18,19);2-6H,1H3;1-2,9-10H,7H2;1H3;;(H2,3,4,5);1H2;1H/i;;;;;;;1D;;;;. The second-order valence-electron chi connectivity index (χ2n) is 27.8. The lowest BCUT2D eigenvalue weighted by Crippen LogP contribution is -2.00. The van der Waals surface area contributed by atoms with Gasteiger partial charge in [0.15, 0.2) is 56.6 Å². The Balaban J connectivity index is 0.000000226. The van der Waals surface area contributed by atoms with E-state index < -0.39 is 101 Å². The minimum atomic E-state index is -4.78. The molecule has 736 valence electrons. The number of aryl methyl sites for hydroxylation is 2. The number of nitro groups is 3. The number of nitrogens with two attached hydrogens (primary N) is 3. The SMILES string of the molecule is COC(=O)c1ccc(-c2nc3cc([N+](=O)[O-])c(O)cc3o2)cc1.COC(=O)c1ccc(OC=O)cc1.Cc1ccc(-c2nc3cc4nc(C)oc4cc3o2)cc1.Nc1cc([N+](=O)[O-])c(O)cc1O.Nc1cc2nc(-c3ccc(C(=O)O)cc3)oc2cc1O.Nc1cc2nc(-c3ccc(C(=O)O)cc3)oc2cc1O.O.O=C(O)c1ccc(-c2nc3cc([N+](=O)[O-])c(O)cc3o2)cc1.O=[P+]([O-])P(=O)(O)O.[2H]CF.[B]P=O.[HH]. The summed E-state index contributed by atoms with van der Waals surface area (Å²) in [5, 5.41) is 114. The zero-order valence-electron chi connectivity index (χ0n) is 74.2. The number of halogens is 1. The summed E-state index contributed by atoms with van der Waals surface area (Å²) in [6.45, 7) is 4.21. The molecule has 18 rings (SSSR count). The molecule has 0 saturated carbocycles.